The van der Waals surface area contributed by atoms with Crippen LogP contribution in [-0.4, -0.2) is 23.7 Å². The Morgan fingerprint density at radius 1 is 0.923 bits per heavy atom. The first-order valence-electron chi connectivity index (χ1n) is 8.11. The van der Waals surface area contributed by atoms with Crippen LogP contribution in [0.25, 0.3) is 0 Å². The highest BCUT2D eigenvalue weighted by Gasteiger charge is 2.08. The SMILES string of the molecule is CCOc1ccccc1Nc1cc(Nc2cc(Cl)ccc2OC)ncn1. The van der Waals surface area contributed by atoms with E-state index in [4.69, 9.17) is 21.1 Å². The second-order valence-corrected chi connectivity index (χ2v) is 5.75. The fourth-order valence-corrected chi connectivity index (χ4v) is 2.57. The lowest BCUT2D eigenvalue weighted by Crippen LogP contribution is -2.01. The van der Waals surface area contributed by atoms with Gasteiger partial charge >= 0.3 is 0 Å². The van der Waals surface area contributed by atoms with E-state index in [0.29, 0.717) is 29.0 Å². The van der Waals surface area contributed by atoms with Crippen molar-refractivity contribution in [2.75, 3.05) is 24.4 Å². The molecule has 0 saturated carbocycles. The summed E-state index contributed by atoms with van der Waals surface area (Å²) < 4.78 is 11.0. The molecule has 1 heterocycles. The van der Waals surface area contributed by atoms with E-state index < -0.39 is 0 Å². The number of hydrogen-bond acceptors (Lipinski definition) is 6. The van der Waals surface area contributed by atoms with E-state index in [1.165, 1.54) is 6.33 Å². The summed E-state index contributed by atoms with van der Waals surface area (Å²) in [6, 6.07) is 14.8. The van der Waals surface area contributed by atoms with Crippen molar-refractivity contribution < 1.29 is 9.47 Å². The Kier molecular flexibility index (Phi) is 5.76. The van der Waals surface area contributed by atoms with Gasteiger partial charge in [-0.15, -0.1) is 0 Å². The first kappa shape index (κ1) is 17.8. The predicted molar refractivity (Wildman–Crippen MR) is 104 cm³/mol. The molecule has 2 N–H and O–H groups in total. The van der Waals surface area contributed by atoms with Crippen molar-refractivity contribution >= 4 is 34.6 Å². The fraction of sp³-hybridized carbons (Fsp3) is 0.158. The number of nitrogens with zero attached hydrogens (tertiary/aromatic N) is 2. The molecule has 0 aliphatic heterocycles. The van der Waals surface area contributed by atoms with Crippen LogP contribution in [0.2, 0.25) is 5.02 Å². The molecule has 3 rings (SSSR count). The largest absolute Gasteiger partial charge is 0.495 e. The Labute approximate surface area is 157 Å². The number of anilines is 4. The summed E-state index contributed by atoms with van der Waals surface area (Å²) in [6.45, 7) is 2.53. The third kappa shape index (κ3) is 4.34. The molecule has 2 aromatic carbocycles. The van der Waals surface area contributed by atoms with E-state index in [2.05, 4.69) is 20.6 Å². The molecule has 0 unspecified atom stereocenters. The third-order valence-electron chi connectivity index (χ3n) is 3.54. The second kappa shape index (κ2) is 8.40. The maximum absolute atomic E-state index is 6.07. The van der Waals surface area contributed by atoms with Crippen molar-refractivity contribution in [3.8, 4) is 11.5 Å². The van der Waals surface area contributed by atoms with Gasteiger partial charge in [0.2, 0.25) is 0 Å². The average Bonchev–Trinajstić information content (AvgIpc) is 2.64. The Morgan fingerprint density at radius 2 is 1.65 bits per heavy atom. The molecule has 26 heavy (non-hydrogen) atoms. The van der Waals surface area contributed by atoms with Crippen molar-refractivity contribution in [3.05, 3.63) is 59.9 Å². The number of para-hydroxylation sites is 2. The Balaban J connectivity index is 1.82. The van der Waals surface area contributed by atoms with Crippen LogP contribution in [-0.2, 0) is 0 Å². The van der Waals surface area contributed by atoms with Crippen molar-refractivity contribution in [1.82, 2.24) is 9.97 Å². The molecular formula is C19H19ClN4O2. The van der Waals surface area contributed by atoms with E-state index in [-0.39, 0.29) is 0 Å². The number of hydrogen-bond donors (Lipinski definition) is 2. The summed E-state index contributed by atoms with van der Waals surface area (Å²) in [5.74, 6) is 2.68. The lowest BCUT2D eigenvalue weighted by molar-refractivity contribution is 0.342. The molecule has 0 aliphatic carbocycles. The number of aromatic nitrogens is 2. The van der Waals surface area contributed by atoms with Crippen molar-refractivity contribution in [3.63, 3.8) is 0 Å². The maximum Gasteiger partial charge on any atom is 0.142 e. The minimum Gasteiger partial charge on any atom is -0.495 e. The molecule has 134 valence electrons. The molecule has 0 spiro atoms. The fourth-order valence-electron chi connectivity index (χ4n) is 2.40. The molecular weight excluding hydrogens is 352 g/mol. The zero-order chi connectivity index (χ0) is 18.4. The van der Waals surface area contributed by atoms with Gasteiger partial charge in [-0.3, -0.25) is 0 Å². The minimum absolute atomic E-state index is 0.587. The Hall–Kier alpha value is -2.99. The second-order valence-electron chi connectivity index (χ2n) is 5.31. The lowest BCUT2D eigenvalue weighted by atomic mass is 10.3. The normalized spacial score (nSPS) is 10.3. The van der Waals surface area contributed by atoms with Gasteiger partial charge in [-0.2, -0.15) is 0 Å². The van der Waals surface area contributed by atoms with E-state index in [1.54, 1.807) is 31.4 Å². The van der Waals surface area contributed by atoms with E-state index in [1.807, 2.05) is 31.2 Å². The first-order chi connectivity index (χ1) is 12.7. The first-order valence-corrected chi connectivity index (χ1v) is 8.49. The van der Waals surface area contributed by atoms with Crippen LogP contribution in [0.5, 0.6) is 11.5 Å². The molecule has 6 nitrogen and oxygen atoms in total. The topological polar surface area (TPSA) is 68.3 Å². The van der Waals surface area contributed by atoms with E-state index in [9.17, 15) is 0 Å². The van der Waals surface area contributed by atoms with Crippen LogP contribution in [0.4, 0.5) is 23.0 Å². The molecule has 0 amide bonds. The molecule has 0 bridgehead atoms. The Bertz CT molecular complexity index is 889. The highest BCUT2D eigenvalue weighted by Crippen LogP contribution is 2.31. The summed E-state index contributed by atoms with van der Waals surface area (Å²) in [4.78, 5) is 8.51. The maximum atomic E-state index is 6.07. The molecule has 1 aromatic heterocycles. The smallest absolute Gasteiger partial charge is 0.142 e. The van der Waals surface area contributed by atoms with E-state index in [0.717, 1.165) is 17.1 Å². The van der Waals surface area contributed by atoms with Gasteiger partial charge in [0, 0.05) is 11.1 Å². The van der Waals surface area contributed by atoms with Crippen molar-refractivity contribution in [2.24, 2.45) is 0 Å². The highest BCUT2D eigenvalue weighted by molar-refractivity contribution is 6.31. The Morgan fingerprint density at radius 3 is 2.38 bits per heavy atom. The minimum atomic E-state index is 0.587. The molecule has 0 aliphatic rings. The number of nitrogens with one attached hydrogen (secondary N) is 2. The molecule has 0 radical (unpaired) electrons. The van der Waals surface area contributed by atoms with Gasteiger partial charge < -0.3 is 20.1 Å². The zero-order valence-corrected chi connectivity index (χ0v) is 15.2. The van der Waals surface area contributed by atoms with Gasteiger partial charge in [0.15, 0.2) is 0 Å². The van der Waals surface area contributed by atoms with Crippen LogP contribution in [0.1, 0.15) is 6.92 Å². The molecule has 7 heteroatoms. The van der Waals surface area contributed by atoms with Gasteiger partial charge in [0.05, 0.1) is 25.1 Å². The van der Waals surface area contributed by atoms with Crippen LogP contribution < -0.4 is 20.1 Å². The standard InChI is InChI=1S/C19H19ClN4O2/c1-3-26-17-7-5-4-6-14(17)23-18-11-19(22-12-21-18)24-15-10-13(20)8-9-16(15)25-2/h4-12H,3H2,1-2H3,(H2,21,22,23,24). The van der Waals surface area contributed by atoms with Crippen molar-refractivity contribution in [1.29, 1.82) is 0 Å². The summed E-state index contributed by atoms with van der Waals surface area (Å²) in [5.41, 5.74) is 1.55. The number of methoxy groups -OCH3 is 1. The number of halogens is 1. The van der Waals surface area contributed by atoms with Gasteiger partial charge in [0.1, 0.15) is 29.5 Å². The molecule has 0 atom stereocenters. The lowest BCUT2D eigenvalue weighted by Gasteiger charge is -2.13. The molecule has 3 aromatic rings. The summed E-state index contributed by atoms with van der Waals surface area (Å²) >= 11 is 6.07. The molecule has 0 saturated heterocycles. The average molecular weight is 371 g/mol. The number of benzene rings is 2. The van der Waals surface area contributed by atoms with Crippen LogP contribution in [0.3, 0.4) is 0 Å². The van der Waals surface area contributed by atoms with Crippen LogP contribution in [0.15, 0.2) is 54.9 Å². The van der Waals surface area contributed by atoms with Gasteiger partial charge in [-0.1, -0.05) is 23.7 Å². The number of rotatable bonds is 7. The summed E-state index contributed by atoms with van der Waals surface area (Å²) in [7, 11) is 1.60. The van der Waals surface area contributed by atoms with Crippen LogP contribution >= 0.6 is 11.6 Å². The predicted octanol–water partition coefficient (Wildman–Crippen LogP) is 5.02. The molecule has 0 fully saturated rings. The quantitative estimate of drug-likeness (QED) is 0.608. The van der Waals surface area contributed by atoms with Crippen LogP contribution in [0, 0.1) is 0 Å². The summed E-state index contributed by atoms with van der Waals surface area (Å²) in [5, 5.41) is 7.05. The van der Waals surface area contributed by atoms with Gasteiger partial charge in [0.25, 0.3) is 0 Å². The summed E-state index contributed by atoms with van der Waals surface area (Å²) in [6.07, 6.45) is 1.48. The van der Waals surface area contributed by atoms with Gasteiger partial charge in [-0.25, -0.2) is 9.97 Å². The monoisotopic (exact) mass is 370 g/mol. The van der Waals surface area contributed by atoms with E-state index >= 15 is 0 Å². The zero-order valence-electron chi connectivity index (χ0n) is 14.5. The van der Waals surface area contributed by atoms with Gasteiger partial charge in [-0.05, 0) is 37.3 Å². The highest BCUT2D eigenvalue weighted by atomic mass is 35.5. The van der Waals surface area contributed by atoms with Crippen molar-refractivity contribution in [2.45, 2.75) is 6.92 Å². The number of ether oxygens (including phenoxy) is 2. The third-order valence-corrected chi connectivity index (χ3v) is 3.78.